The molecule has 5 heteroatoms. The van der Waals surface area contributed by atoms with Crippen LogP contribution >= 0.6 is 0 Å². The summed E-state index contributed by atoms with van der Waals surface area (Å²) in [6.45, 7) is 4.20. The number of nitrogens with zero attached hydrogens (tertiary/aromatic N) is 1. The Bertz CT molecular complexity index is 359. The van der Waals surface area contributed by atoms with Crippen molar-refractivity contribution in [1.82, 2.24) is 10.2 Å². The van der Waals surface area contributed by atoms with Crippen molar-refractivity contribution in [2.45, 2.75) is 70.5 Å². The van der Waals surface area contributed by atoms with Gasteiger partial charge in [0.1, 0.15) is 0 Å². The molecule has 1 saturated carbocycles. The van der Waals surface area contributed by atoms with Crippen molar-refractivity contribution in [1.29, 1.82) is 0 Å². The van der Waals surface area contributed by atoms with Crippen molar-refractivity contribution in [2.24, 2.45) is 5.92 Å². The summed E-state index contributed by atoms with van der Waals surface area (Å²) in [5.41, 5.74) is 0. The zero-order chi connectivity index (χ0) is 14.0. The lowest BCUT2D eigenvalue weighted by Gasteiger charge is -2.29. The predicted molar refractivity (Wildman–Crippen MR) is 71.9 cm³/mol. The quantitative estimate of drug-likeness (QED) is 0.824. The van der Waals surface area contributed by atoms with E-state index in [1.165, 1.54) is 0 Å². The number of carbonyl (C=O) groups is 2. The van der Waals surface area contributed by atoms with Gasteiger partial charge in [0.2, 0.25) is 0 Å². The zero-order valence-corrected chi connectivity index (χ0v) is 11.8. The molecule has 0 bridgehead atoms. The molecule has 2 rings (SSSR count). The first-order chi connectivity index (χ1) is 9.02. The van der Waals surface area contributed by atoms with Crippen LogP contribution in [0.1, 0.15) is 52.4 Å². The second-order valence-electron chi connectivity index (χ2n) is 5.89. The number of aliphatic carboxylic acids is 1. The number of rotatable bonds is 3. The molecule has 1 aliphatic carbocycles. The molecule has 0 radical (unpaired) electrons. The van der Waals surface area contributed by atoms with Crippen LogP contribution in [0.25, 0.3) is 0 Å². The summed E-state index contributed by atoms with van der Waals surface area (Å²) in [4.78, 5) is 25.2. The summed E-state index contributed by atoms with van der Waals surface area (Å²) in [7, 11) is 0. The molecular formula is C14H24N2O3. The van der Waals surface area contributed by atoms with Gasteiger partial charge in [-0.05, 0) is 45.4 Å². The molecule has 0 aromatic rings. The fraction of sp³-hybridized carbons (Fsp3) is 0.857. The fourth-order valence-electron chi connectivity index (χ4n) is 3.42. The minimum Gasteiger partial charge on any atom is -0.481 e. The minimum atomic E-state index is -0.738. The molecule has 4 unspecified atom stereocenters. The molecule has 2 N–H and O–H groups in total. The number of likely N-dealkylation sites (tertiary alicyclic amines) is 1. The Morgan fingerprint density at radius 1 is 1.26 bits per heavy atom. The summed E-state index contributed by atoms with van der Waals surface area (Å²) in [6.07, 6.45) is 5.15. The predicted octanol–water partition coefficient (Wildman–Crippen LogP) is 2.21. The van der Waals surface area contributed by atoms with Gasteiger partial charge in [0, 0.05) is 18.1 Å². The van der Waals surface area contributed by atoms with Crippen LogP contribution in [0.3, 0.4) is 0 Å². The Hall–Kier alpha value is -1.26. The Kier molecular flexibility index (Phi) is 4.32. The number of carbonyl (C=O) groups excluding carboxylic acids is 1. The van der Waals surface area contributed by atoms with E-state index in [0.29, 0.717) is 24.9 Å². The van der Waals surface area contributed by atoms with E-state index in [4.69, 9.17) is 5.11 Å². The Balaban J connectivity index is 1.89. The molecule has 19 heavy (non-hydrogen) atoms. The van der Waals surface area contributed by atoms with Crippen molar-refractivity contribution in [3.8, 4) is 0 Å². The van der Waals surface area contributed by atoms with E-state index in [-0.39, 0.29) is 18.0 Å². The topological polar surface area (TPSA) is 69.6 Å². The van der Waals surface area contributed by atoms with Gasteiger partial charge in [-0.1, -0.05) is 6.92 Å². The number of amides is 2. The van der Waals surface area contributed by atoms with E-state index in [9.17, 15) is 9.59 Å². The van der Waals surface area contributed by atoms with Crippen LogP contribution in [0.5, 0.6) is 0 Å². The molecule has 4 atom stereocenters. The maximum absolute atomic E-state index is 12.3. The lowest BCUT2D eigenvalue weighted by molar-refractivity contribution is -0.141. The highest BCUT2D eigenvalue weighted by molar-refractivity contribution is 5.76. The van der Waals surface area contributed by atoms with Crippen molar-refractivity contribution < 1.29 is 14.7 Å². The standard InChI is InChI=1S/C14H24N2O3/c1-3-12-7-4-9(2)16(12)14(19)15-11-6-5-10(8-11)13(17)18/h9-12H,3-8H2,1-2H3,(H,15,19)(H,17,18). The summed E-state index contributed by atoms with van der Waals surface area (Å²) < 4.78 is 0. The number of urea groups is 1. The third-order valence-corrected chi connectivity index (χ3v) is 4.60. The van der Waals surface area contributed by atoms with E-state index in [2.05, 4.69) is 19.2 Å². The molecule has 2 aliphatic rings. The molecule has 0 aromatic carbocycles. The molecule has 108 valence electrons. The molecule has 2 amide bonds. The average Bonchev–Trinajstić information content (AvgIpc) is 2.95. The van der Waals surface area contributed by atoms with Crippen molar-refractivity contribution in [3.63, 3.8) is 0 Å². The number of nitrogens with one attached hydrogen (secondary N) is 1. The van der Waals surface area contributed by atoms with Gasteiger partial charge in [-0.3, -0.25) is 4.79 Å². The van der Waals surface area contributed by atoms with E-state index in [1.54, 1.807) is 0 Å². The van der Waals surface area contributed by atoms with Gasteiger partial charge in [-0.25, -0.2) is 4.79 Å². The molecule has 1 heterocycles. The van der Waals surface area contributed by atoms with Gasteiger partial charge in [-0.15, -0.1) is 0 Å². The SMILES string of the molecule is CCC1CCC(C)N1C(=O)NC1CCC(C(=O)O)C1. The zero-order valence-electron chi connectivity index (χ0n) is 11.8. The van der Waals surface area contributed by atoms with Crippen LogP contribution in [0.15, 0.2) is 0 Å². The number of hydrogen-bond acceptors (Lipinski definition) is 2. The smallest absolute Gasteiger partial charge is 0.318 e. The van der Waals surface area contributed by atoms with Crippen LogP contribution in [0, 0.1) is 5.92 Å². The van der Waals surface area contributed by atoms with Crippen molar-refractivity contribution >= 4 is 12.0 Å². The Morgan fingerprint density at radius 2 is 2.00 bits per heavy atom. The molecule has 1 aliphatic heterocycles. The number of carboxylic acids is 1. The summed E-state index contributed by atoms with van der Waals surface area (Å²) in [6, 6.07) is 0.653. The third-order valence-electron chi connectivity index (χ3n) is 4.60. The van der Waals surface area contributed by atoms with E-state index in [0.717, 1.165) is 25.7 Å². The van der Waals surface area contributed by atoms with Gasteiger partial charge < -0.3 is 15.3 Å². The number of carboxylic acid groups (broad SMARTS) is 1. The Labute approximate surface area is 114 Å². The van der Waals surface area contributed by atoms with E-state index >= 15 is 0 Å². The van der Waals surface area contributed by atoms with Crippen LogP contribution in [-0.2, 0) is 4.79 Å². The first-order valence-electron chi connectivity index (χ1n) is 7.34. The molecule has 0 aromatic heterocycles. The van der Waals surface area contributed by atoms with Crippen molar-refractivity contribution in [3.05, 3.63) is 0 Å². The third kappa shape index (κ3) is 3.01. The summed E-state index contributed by atoms with van der Waals surface area (Å²) >= 11 is 0. The average molecular weight is 268 g/mol. The minimum absolute atomic E-state index is 0.00658. The monoisotopic (exact) mass is 268 g/mol. The van der Waals surface area contributed by atoms with Gasteiger partial charge in [0.25, 0.3) is 0 Å². The summed E-state index contributed by atoms with van der Waals surface area (Å²) in [5.74, 6) is -1.03. The van der Waals surface area contributed by atoms with Gasteiger partial charge in [0.05, 0.1) is 5.92 Å². The fourth-order valence-corrected chi connectivity index (χ4v) is 3.42. The maximum atomic E-state index is 12.3. The normalized spacial score (nSPS) is 34.5. The summed E-state index contributed by atoms with van der Waals surface area (Å²) in [5, 5.41) is 12.0. The molecular weight excluding hydrogens is 244 g/mol. The largest absolute Gasteiger partial charge is 0.481 e. The Morgan fingerprint density at radius 3 is 2.58 bits per heavy atom. The first kappa shape index (κ1) is 14.2. The van der Waals surface area contributed by atoms with Gasteiger partial charge in [0.15, 0.2) is 0 Å². The van der Waals surface area contributed by atoms with E-state index in [1.807, 2.05) is 4.90 Å². The highest BCUT2D eigenvalue weighted by atomic mass is 16.4. The maximum Gasteiger partial charge on any atom is 0.318 e. The van der Waals surface area contributed by atoms with Gasteiger partial charge in [-0.2, -0.15) is 0 Å². The lowest BCUT2D eigenvalue weighted by atomic mass is 10.1. The van der Waals surface area contributed by atoms with Gasteiger partial charge >= 0.3 is 12.0 Å². The lowest BCUT2D eigenvalue weighted by Crippen LogP contribution is -2.48. The van der Waals surface area contributed by atoms with Crippen LogP contribution in [-0.4, -0.2) is 40.1 Å². The molecule has 5 nitrogen and oxygen atoms in total. The highest BCUT2D eigenvalue weighted by Gasteiger charge is 2.36. The van der Waals surface area contributed by atoms with Crippen LogP contribution in [0.2, 0.25) is 0 Å². The molecule has 2 fully saturated rings. The second kappa shape index (κ2) is 5.80. The van der Waals surface area contributed by atoms with Crippen LogP contribution in [0.4, 0.5) is 4.79 Å². The van der Waals surface area contributed by atoms with E-state index < -0.39 is 5.97 Å². The van der Waals surface area contributed by atoms with Crippen molar-refractivity contribution in [2.75, 3.05) is 0 Å². The first-order valence-corrected chi connectivity index (χ1v) is 7.34. The molecule has 1 saturated heterocycles. The van der Waals surface area contributed by atoms with Crippen LogP contribution < -0.4 is 5.32 Å². The number of hydrogen-bond donors (Lipinski definition) is 2. The molecule has 0 spiro atoms. The highest BCUT2D eigenvalue weighted by Crippen LogP contribution is 2.28. The second-order valence-corrected chi connectivity index (χ2v) is 5.89.